The summed E-state index contributed by atoms with van der Waals surface area (Å²) in [6.07, 6.45) is 6.87. The van der Waals surface area contributed by atoms with Gasteiger partial charge in [-0.05, 0) is 31.7 Å². The van der Waals surface area contributed by atoms with Crippen molar-refractivity contribution in [1.29, 1.82) is 0 Å². The molecule has 1 fully saturated rings. The number of hydrogen-bond donors (Lipinski definition) is 1. The molecule has 2 aromatic rings. The summed E-state index contributed by atoms with van der Waals surface area (Å²) in [4.78, 5) is 8.51. The van der Waals surface area contributed by atoms with Gasteiger partial charge in [0.15, 0.2) is 10.8 Å². The van der Waals surface area contributed by atoms with Crippen LogP contribution in [0.3, 0.4) is 0 Å². The first-order valence-corrected chi connectivity index (χ1v) is 8.49. The number of imidazole rings is 1. The van der Waals surface area contributed by atoms with Crippen LogP contribution in [0.1, 0.15) is 38.8 Å². The zero-order valence-electron chi connectivity index (χ0n) is 12.4. The highest BCUT2D eigenvalue weighted by Gasteiger charge is 2.32. The molecule has 1 aliphatic carbocycles. The van der Waals surface area contributed by atoms with Gasteiger partial charge < -0.3 is 10.6 Å². The summed E-state index contributed by atoms with van der Waals surface area (Å²) in [5, 5.41) is 2.10. The van der Waals surface area contributed by atoms with Crippen molar-refractivity contribution in [2.45, 2.75) is 45.6 Å². The standard InChI is InChI=1S/C15H24N4S/c1-11(2)6-8-18(12-3-4-12)14-13(5-7-16)19-9-10-20-15(19)17-14/h9-12H,3-8,16H2,1-2H3. The van der Waals surface area contributed by atoms with Gasteiger partial charge in [-0.15, -0.1) is 11.3 Å². The highest BCUT2D eigenvalue weighted by atomic mass is 32.1. The molecule has 110 valence electrons. The SMILES string of the molecule is CC(C)CCN(c1nc2sccn2c1CCN)C1CC1. The lowest BCUT2D eigenvalue weighted by atomic mass is 10.1. The Labute approximate surface area is 124 Å². The second kappa shape index (κ2) is 5.74. The van der Waals surface area contributed by atoms with Gasteiger partial charge in [-0.3, -0.25) is 4.40 Å². The van der Waals surface area contributed by atoms with Crippen molar-refractivity contribution in [2.24, 2.45) is 11.7 Å². The largest absolute Gasteiger partial charge is 0.352 e. The smallest absolute Gasteiger partial charge is 0.195 e. The van der Waals surface area contributed by atoms with Gasteiger partial charge in [0.2, 0.25) is 0 Å². The summed E-state index contributed by atoms with van der Waals surface area (Å²) < 4.78 is 2.22. The van der Waals surface area contributed by atoms with Crippen molar-refractivity contribution in [3.05, 3.63) is 17.3 Å². The van der Waals surface area contributed by atoms with E-state index in [0.29, 0.717) is 12.6 Å². The molecule has 2 heterocycles. The number of thiazole rings is 1. The number of nitrogens with two attached hydrogens (primary N) is 1. The van der Waals surface area contributed by atoms with E-state index in [2.05, 4.69) is 34.7 Å². The van der Waals surface area contributed by atoms with Crippen LogP contribution in [0.4, 0.5) is 5.82 Å². The minimum atomic E-state index is 0.680. The molecular weight excluding hydrogens is 268 g/mol. The van der Waals surface area contributed by atoms with Crippen LogP contribution in [0, 0.1) is 5.92 Å². The minimum Gasteiger partial charge on any atom is -0.352 e. The van der Waals surface area contributed by atoms with Crippen molar-refractivity contribution >= 4 is 22.1 Å². The maximum absolute atomic E-state index is 5.81. The van der Waals surface area contributed by atoms with Gasteiger partial charge in [-0.25, -0.2) is 4.98 Å². The molecule has 0 radical (unpaired) electrons. The lowest BCUT2D eigenvalue weighted by molar-refractivity contribution is 0.568. The van der Waals surface area contributed by atoms with Crippen LogP contribution >= 0.6 is 11.3 Å². The Balaban J connectivity index is 1.92. The average Bonchev–Trinajstić information content (AvgIpc) is 3.04. The molecule has 20 heavy (non-hydrogen) atoms. The van der Waals surface area contributed by atoms with E-state index in [1.54, 1.807) is 11.3 Å². The molecule has 0 atom stereocenters. The molecule has 0 bridgehead atoms. The van der Waals surface area contributed by atoms with E-state index in [0.717, 1.165) is 23.8 Å². The average molecular weight is 292 g/mol. The minimum absolute atomic E-state index is 0.680. The van der Waals surface area contributed by atoms with Crippen LogP contribution in [-0.2, 0) is 6.42 Å². The third kappa shape index (κ3) is 2.69. The van der Waals surface area contributed by atoms with Crippen LogP contribution < -0.4 is 10.6 Å². The molecule has 5 heteroatoms. The molecule has 3 rings (SSSR count). The van der Waals surface area contributed by atoms with Gasteiger partial charge in [0.1, 0.15) is 0 Å². The van der Waals surface area contributed by atoms with Crippen molar-refractivity contribution < 1.29 is 0 Å². The van der Waals surface area contributed by atoms with Crippen LogP contribution in [0.25, 0.3) is 4.96 Å². The second-order valence-electron chi connectivity index (χ2n) is 6.08. The molecule has 0 spiro atoms. The summed E-state index contributed by atoms with van der Waals surface area (Å²) in [5.41, 5.74) is 7.10. The first-order valence-electron chi connectivity index (χ1n) is 7.62. The van der Waals surface area contributed by atoms with Crippen LogP contribution in [0.2, 0.25) is 0 Å². The fourth-order valence-corrected chi connectivity index (χ4v) is 3.39. The maximum atomic E-state index is 5.81. The molecule has 0 amide bonds. The number of fused-ring (bicyclic) bond motifs is 1. The first-order chi connectivity index (χ1) is 9.70. The fraction of sp³-hybridized carbons (Fsp3) is 0.667. The van der Waals surface area contributed by atoms with E-state index in [1.807, 2.05) is 0 Å². The van der Waals surface area contributed by atoms with E-state index in [9.17, 15) is 0 Å². The molecule has 4 nitrogen and oxygen atoms in total. The van der Waals surface area contributed by atoms with Gasteiger partial charge in [0.25, 0.3) is 0 Å². The third-order valence-electron chi connectivity index (χ3n) is 3.93. The van der Waals surface area contributed by atoms with Crippen LogP contribution in [0.15, 0.2) is 11.6 Å². The summed E-state index contributed by atoms with van der Waals surface area (Å²) in [5.74, 6) is 1.92. The molecule has 2 N–H and O–H groups in total. The number of nitrogens with zero attached hydrogens (tertiary/aromatic N) is 3. The van der Waals surface area contributed by atoms with E-state index < -0.39 is 0 Å². The van der Waals surface area contributed by atoms with E-state index in [-0.39, 0.29) is 0 Å². The van der Waals surface area contributed by atoms with Crippen LogP contribution in [-0.4, -0.2) is 28.5 Å². The lowest BCUT2D eigenvalue weighted by Gasteiger charge is -2.24. The number of rotatable bonds is 7. The number of anilines is 1. The highest BCUT2D eigenvalue weighted by Crippen LogP contribution is 2.35. The summed E-state index contributed by atoms with van der Waals surface area (Å²) in [6, 6.07) is 0.704. The Bertz CT molecular complexity index is 567. The molecule has 0 aromatic carbocycles. The Morgan fingerprint density at radius 2 is 2.30 bits per heavy atom. The van der Waals surface area contributed by atoms with Crippen molar-refractivity contribution in [3.63, 3.8) is 0 Å². The number of aromatic nitrogens is 2. The lowest BCUT2D eigenvalue weighted by Crippen LogP contribution is -2.29. The van der Waals surface area contributed by atoms with E-state index in [1.165, 1.54) is 30.8 Å². The van der Waals surface area contributed by atoms with Gasteiger partial charge in [-0.2, -0.15) is 0 Å². The topological polar surface area (TPSA) is 46.6 Å². The highest BCUT2D eigenvalue weighted by molar-refractivity contribution is 7.15. The summed E-state index contributed by atoms with van der Waals surface area (Å²) in [6.45, 7) is 6.37. The quantitative estimate of drug-likeness (QED) is 0.853. The molecule has 2 aromatic heterocycles. The fourth-order valence-electron chi connectivity index (χ4n) is 2.67. The Hall–Kier alpha value is -1.07. The molecular formula is C15H24N4S. The first kappa shape index (κ1) is 13.9. The molecule has 0 saturated heterocycles. The van der Waals surface area contributed by atoms with Crippen molar-refractivity contribution in [1.82, 2.24) is 9.38 Å². The molecule has 1 saturated carbocycles. The predicted molar refractivity (Wildman–Crippen MR) is 85.7 cm³/mol. The third-order valence-corrected chi connectivity index (χ3v) is 4.68. The van der Waals surface area contributed by atoms with Crippen molar-refractivity contribution in [3.8, 4) is 0 Å². The Kier molecular flexibility index (Phi) is 3.98. The summed E-state index contributed by atoms with van der Waals surface area (Å²) in [7, 11) is 0. The zero-order valence-corrected chi connectivity index (χ0v) is 13.2. The Morgan fingerprint density at radius 1 is 1.50 bits per heavy atom. The summed E-state index contributed by atoms with van der Waals surface area (Å²) >= 11 is 1.71. The zero-order chi connectivity index (χ0) is 14.1. The number of hydrogen-bond acceptors (Lipinski definition) is 4. The van der Waals surface area contributed by atoms with Gasteiger partial charge in [-0.1, -0.05) is 13.8 Å². The van der Waals surface area contributed by atoms with Crippen LogP contribution in [0.5, 0.6) is 0 Å². The molecule has 0 aliphatic heterocycles. The normalized spacial score (nSPS) is 15.4. The Morgan fingerprint density at radius 3 is 2.95 bits per heavy atom. The van der Waals surface area contributed by atoms with Gasteiger partial charge >= 0.3 is 0 Å². The maximum Gasteiger partial charge on any atom is 0.195 e. The van der Waals surface area contributed by atoms with Gasteiger partial charge in [0, 0.05) is 30.6 Å². The van der Waals surface area contributed by atoms with Gasteiger partial charge in [0.05, 0.1) is 5.69 Å². The monoisotopic (exact) mass is 292 g/mol. The van der Waals surface area contributed by atoms with E-state index in [4.69, 9.17) is 10.7 Å². The molecule has 0 unspecified atom stereocenters. The predicted octanol–water partition coefficient (Wildman–Crippen LogP) is 2.91. The second-order valence-corrected chi connectivity index (χ2v) is 6.96. The van der Waals surface area contributed by atoms with Crippen molar-refractivity contribution in [2.75, 3.05) is 18.0 Å². The van der Waals surface area contributed by atoms with E-state index >= 15 is 0 Å². The molecule has 1 aliphatic rings.